The molecule has 0 saturated carbocycles. The maximum atomic E-state index is 10.1. The van der Waals surface area contributed by atoms with E-state index < -0.39 is 6.10 Å². The van der Waals surface area contributed by atoms with Crippen LogP contribution >= 0.6 is 22.6 Å². The number of benzene rings is 1. The summed E-state index contributed by atoms with van der Waals surface area (Å²) in [6, 6.07) is 7.95. The van der Waals surface area contributed by atoms with Crippen molar-refractivity contribution >= 4 is 22.6 Å². The van der Waals surface area contributed by atoms with Crippen molar-refractivity contribution < 1.29 is 5.11 Å². The van der Waals surface area contributed by atoms with Crippen molar-refractivity contribution in [3.8, 4) is 0 Å². The summed E-state index contributed by atoms with van der Waals surface area (Å²) in [5.74, 6) is 0. The van der Waals surface area contributed by atoms with Gasteiger partial charge < -0.3 is 5.11 Å². The van der Waals surface area contributed by atoms with Gasteiger partial charge in [0.1, 0.15) is 0 Å². The first-order chi connectivity index (χ1) is 8.19. The van der Waals surface area contributed by atoms with Crippen molar-refractivity contribution in [2.75, 3.05) is 0 Å². The Kier molecular flexibility index (Phi) is 4.17. The highest BCUT2D eigenvalue weighted by Gasteiger charge is 2.09. The van der Waals surface area contributed by atoms with Gasteiger partial charge in [-0.2, -0.15) is 5.10 Å². The number of hydrogen-bond donors (Lipinski definition) is 1. The molecule has 17 heavy (non-hydrogen) atoms. The van der Waals surface area contributed by atoms with Crippen LogP contribution in [0.1, 0.15) is 24.2 Å². The molecular weight excluding hydrogens is 327 g/mol. The number of hydrogen-bond acceptors (Lipinski definition) is 2. The lowest BCUT2D eigenvalue weighted by Gasteiger charge is -2.09. The van der Waals surface area contributed by atoms with E-state index in [2.05, 4.69) is 27.7 Å². The highest BCUT2D eigenvalue weighted by Crippen LogP contribution is 2.19. The lowest BCUT2D eigenvalue weighted by Crippen LogP contribution is -2.01. The molecule has 2 aromatic rings. The summed E-state index contributed by atoms with van der Waals surface area (Å²) in [6.45, 7) is 2.91. The normalized spacial score (nSPS) is 12.6. The molecule has 1 N–H and O–H groups in total. The van der Waals surface area contributed by atoms with Gasteiger partial charge in [0, 0.05) is 22.7 Å². The smallest absolute Gasteiger partial charge is 0.0831 e. The van der Waals surface area contributed by atoms with Crippen LogP contribution in [0.25, 0.3) is 0 Å². The van der Waals surface area contributed by atoms with Crippen LogP contribution in [-0.2, 0) is 13.0 Å². The fraction of sp³-hybridized carbons (Fsp3) is 0.308. The van der Waals surface area contributed by atoms with Crippen LogP contribution < -0.4 is 0 Å². The maximum absolute atomic E-state index is 10.1. The molecular formula is C13H15IN2O. The summed E-state index contributed by atoms with van der Waals surface area (Å²) in [7, 11) is 0. The number of halogens is 1. The van der Waals surface area contributed by atoms with Gasteiger partial charge in [-0.25, -0.2) is 0 Å². The molecule has 90 valence electrons. The van der Waals surface area contributed by atoms with Crippen molar-refractivity contribution in [2.45, 2.75) is 26.0 Å². The maximum Gasteiger partial charge on any atom is 0.0831 e. The topological polar surface area (TPSA) is 38.0 Å². The van der Waals surface area contributed by atoms with Crippen LogP contribution in [0, 0.1) is 3.57 Å². The largest absolute Gasteiger partial charge is 0.388 e. The molecule has 0 radical (unpaired) electrons. The quantitative estimate of drug-likeness (QED) is 0.868. The Morgan fingerprint density at radius 3 is 2.65 bits per heavy atom. The second-order valence-electron chi connectivity index (χ2n) is 3.98. The van der Waals surface area contributed by atoms with E-state index in [4.69, 9.17) is 0 Å². The first-order valence-electron chi connectivity index (χ1n) is 5.64. The Balaban J connectivity index is 2.05. The molecule has 4 heteroatoms. The zero-order valence-electron chi connectivity index (χ0n) is 9.68. The number of nitrogens with zero attached hydrogens (tertiary/aromatic N) is 2. The molecule has 1 heterocycles. The molecule has 0 aliphatic carbocycles. The van der Waals surface area contributed by atoms with Crippen molar-refractivity contribution in [1.29, 1.82) is 0 Å². The zero-order valence-corrected chi connectivity index (χ0v) is 11.8. The van der Waals surface area contributed by atoms with E-state index >= 15 is 0 Å². The van der Waals surface area contributed by atoms with Crippen molar-refractivity contribution in [3.63, 3.8) is 0 Å². The SMILES string of the molecule is CCn1cc(CC(O)c2ccc(I)cc2)cn1. The van der Waals surface area contributed by atoms with Gasteiger partial charge in [-0.1, -0.05) is 12.1 Å². The third-order valence-electron chi connectivity index (χ3n) is 2.69. The van der Waals surface area contributed by atoms with E-state index in [0.717, 1.165) is 17.7 Å². The predicted octanol–water partition coefficient (Wildman–Crippen LogP) is 2.78. The van der Waals surface area contributed by atoms with E-state index in [1.54, 1.807) is 0 Å². The van der Waals surface area contributed by atoms with Gasteiger partial charge in [-0.15, -0.1) is 0 Å². The van der Waals surface area contributed by atoms with Crippen molar-refractivity contribution in [1.82, 2.24) is 9.78 Å². The Morgan fingerprint density at radius 1 is 1.35 bits per heavy atom. The summed E-state index contributed by atoms with van der Waals surface area (Å²) < 4.78 is 3.05. The van der Waals surface area contributed by atoms with Crippen LogP contribution in [0.3, 0.4) is 0 Å². The molecule has 0 aliphatic rings. The number of aliphatic hydroxyl groups is 1. The summed E-state index contributed by atoms with van der Waals surface area (Å²) in [6.07, 6.45) is 3.96. The fourth-order valence-electron chi connectivity index (χ4n) is 1.71. The van der Waals surface area contributed by atoms with E-state index in [0.29, 0.717) is 6.42 Å². The zero-order chi connectivity index (χ0) is 12.3. The molecule has 0 amide bonds. The first-order valence-corrected chi connectivity index (χ1v) is 6.71. The number of aromatic nitrogens is 2. The van der Waals surface area contributed by atoms with Crippen molar-refractivity contribution in [3.05, 3.63) is 51.4 Å². The van der Waals surface area contributed by atoms with Crippen LogP contribution in [0.15, 0.2) is 36.7 Å². The highest BCUT2D eigenvalue weighted by molar-refractivity contribution is 14.1. The Bertz CT molecular complexity index is 478. The lowest BCUT2D eigenvalue weighted by atomic mass is 10.0. The third-order valence-corrected chi connectivity index (χ3v) is 3.41. The summed E-state index contributed by atoms with van der Waals surface area (Å²) in [5, 5.41) is 14.3. The summed E-state index contributed by atoms with van der Waals surface area (Å²) >= 11 is 2.26. The summed E-state index contributed by atoms with van der Waals surface area (Å²) in [5.41, 5.74) is 2.02. The first kappa shape index (κ1) is 12.6. The molecule has 1 unspecified atom stereocenters. The molecule has 0 saturated heterocycles. The number of aliphatic hydroxyl groups excluding tert-OH is 1. The molecule has 0 spiro atoms. The van der Waals surface area contributed by atoms with Crippen LogP contribution in [0.4, 0.5) is 0 Å². The molecule has 1 atom stereocenters. The standard InChI is InChI=1S/C13H15IN2O/c1-2-16-9-10(8-15-16)7-13(17)11-3-5-12(14)6-4-11/h3-6,8-9,13,17H,2,7H2,1H3. The molecule has 0 fully saturated rings. The number of rotatable bonds is 4. The van der Waals surface area contributed by atoms with Crippen LogP contribution in [0.5, 0.6) is 0 Å². The molecule has 1 aromatic carbocycles. The van der Waals surface area contributed by atoms with Gasteiger partial charge in [0.05, 0.1) is 12.3 Å². The molecule has 3 nitrogen and oxygen atoms in total. The molecule has 1 aromatic heterocycles. The van der Waals surface area contributed by atoms with Crippen LogP contribution in [-0.4, -0.2) is 14.9 Å². The predicted molar refractivity (Wildman–Crippen MR) is 75.7 cm³/mol. The second-order valence-corrected chi connectivity index (χ2v) is 5.22. The molecule has 2 rings (SSSR count). The second kappa shape index (κ2) is 5.64. The van der Waals surface area contributed by atoms with Gasteiger partial charge in [0.2, 0.25) is 0 Å². The lowest BCUT2D eigenvalue weighted by molar-refractivity contribution is 0.178. The van der Waals surface area contributed by atoms with Gasteiger partial charge in [-0.05, 0) is 52.8 Å². The Morgan fingerprint density at radius 2 is 2.06 bits per heavy atom. The van der Waals surface area contributed by atoms with E-state index in [9.17, 15) is 5.11 Å². The minimum Gasteiger partial charge on any atom is -0.388 e. The van der Waals surface area contributed by atoms with Gasteiger partial charge in [-0.3, -0.25) is 4.68 Å². The van der Waals surface area contributed by atoms with Crippen LogP contribution in [0.2, 0.25) is 0 Å². The molecule has 0 bridgehead atoms. The Hall–Kier alpha value is -0.880. The Labute approximate surface area is 115 Å². The molecule has 0 aliphatic heterocycles. The highest BCUT2D eigenvalue weighted by atomic mass is 127. The average Bonchev–Trinajstić information content (AvgIpc) is 2.77. The fourth-order valence-corrected chi connectivity index (χ4v) is 2.07. The van der Waals surface area contributed by atoms with E-state index in [-0.39, 0.29) is 0 Å². The summed E-state index contributed by atoms with van der Waals surface area (Å²) in [4.78, 5) is 0. The van der Waals surface area contributed by atoms with Gasteiger partial charge in [0.25, 0.3) is 0 Å². The number of aryl methyl sites for hydroxylation is 1. The van der Waals surface area contributed by atoms with Gasteiger partial charge >= 0.3 is 0 Å². The monoisotopic (exact) mass is 342 g/mol. The average molecular weight is 342 g/mol. The minimum absolute atomic E-state index is 0.457. The van der Waals surface area contributed by atoms with E-state index in [1.165, 1.54) is 3.57 Å². The van der Waals surface area contributed by atoms with Crippen molar-refractivity contribution in [2.24, 2.45) is 0 Å². The van der Waals surface area contributed by atoms with E-state index in [1.807, 2.05) is 48.3 Å². The van der Waals surface area contributed by atoms with Gasteiger partial charge in [0.15, 0.2) is 0 Å². The minimum atomic E-state index is -0.457. The third kappa shape index (κ3) is 3.29.